The second kappa shape index (κ2) is 4.73. The van der Waals surface area contributed by atoms with Crippen molar-refractivity contribution in [1.82, 2.24) is 19.7 Å². The molecule has 0 unspecified atom stereocenters. The van der Waals surface area contributed by atoms with E-state index in [4.69, 9.17) is 0 Å². The summed E-state index contributed by atoms with van der Waals surface area (Å²) in [5, 5.41) is 9.63. The van der Waals surface area contributed by atoms with Crippen molar-refractivity contribution in [3.05, 3.63) is 36.2 Å². The predicted molar refractivity (Wildman–Crippen MR) is 72.7 cm³/mol. The lowest BCUT2D eigenvalue weighted by molar-refractivity contribution is 0.560. The van der Waals surface area contributed by atoms with Gasteiger partial charge in [0.2, 0.25) is 0 Å². The lowest BCUT2D eigenvalue weighted by Crippen LogP contribution is -2.22. The Morgan fingerprint density at radius 2 is 2.39 bits per heavy atom. The van der Waals surface area contributed by atoms with Crippen LogP contribution in [0.2, 0.25) is 0 Å². The van der Waals surface area contributed by atoms with Gasteiger partial charge < -0.3 is 5.32 Å². The number of thiophene rings is 1. The Hall–Kier alpha value is -1.95. The fraction of sp³-hybridized carbons (Fsp3) is 0.250. The summed E-state index contributed by atoms with van der Waals surface area (Å²) >= 11 is 1.65. The summed E-state index contributed by atoms with van der Waals surface area (Å²) in [4.78, 5) is 8.53. The first-order chi connectivity index (χ1) is 8.83. The molecule has 5 nitrogen and oxygen atoms in total. The first kappa shape index (κ1) is 11.2. The number of nitrogens with zero attached hydrogens (tertiary/aromatic N) is 4. The van der Waals surface area contributed by atoms with Gasteiger partial charge in [-0.25, -0.2) is 9.97 Å². The molecule has 18 heavy (non-hydrogen) atoms. The Bertz CT molecular complexity index is 631. The average molecular weight is 259 g/mol. The average Bonchev–Trinajstić information content (AvgIpc) is 2.99. The molecule has 0 amide bonds. The molecule has 3 rings (SSSR count). The number of aromatic nitrogens is 4. The SMILES string of the molecule is C[C@@H](Cn1cccn1)Nc1ncnc2ccsc12. The van der Waals surface area contributed by atoms with Crippen LogP contribution in [0.25, 0.3) is 10.2 Å². The van der Waals surface area contributed by atoms with Gasteiger partial charge in [0.05, 0.1) is 16.8 Å². The number of nitrogens with one attached hydrogen (secondary N) is 1. The van der Waals surface area contributed by atoms with E-state index in [0.717, 1.165) is 22.6 Å². The summed E-state index contributed by atoms with van der Waals surface area (Å²) in [6, 6.07) is 4.19. The molecule has 92 valence electrons. The molecule has 0 fully saturated rings. The van der Waals surface area contributed by atoms with Crippen LogP contribution in [0, 0.1) is 0 Å². The highest BCUT2D eigenvalue weighted by atomic mass is 32.1. The number of rotatable bonds is 4. The van der Waals surface area contributed by atoms with Crippen LogP contribution in [0.4, 0.5) is 5.82 Å². The van der Waals surface area contributed by atoms with Gasteiger partial charge in [-0.2, -0.15) is 5.10 Å². The van der Waals surface area contributed by atoms with Crippen LogP contribution in [0.3, 0.4) is 0 Å². The summed E-state index contributed by atoms with van der Waals surface area (Å²) in [6.07, 6.45) is 5.34. The third kappa shape index (κ3) is 2.19. The van der Waals surface area contributed by atoms with Crippen molar-refractivity contribution in [1.29, 1.82) is 0 Å². The number of anilines is 1. The lowest BCUT2D eigenvalue weighted by atomic mass is 10.3. The van der Waals surface area contributed by atoms with Crippen LogP contribution in [0.5, 0.6) is 0 Å². The number of fused-ring (bicyclic) bond motifs is 1. The minimum Gasteiger partial charge on any atom is -0.364 e. The van der Waals surface area contributed by atoms with Crippen molar-refractivity contribution in [2.75, 3.05) is 5.32 Å². The predicted octanol–water partition coefficient (Wildman–Crippen LogP) is 2.39. The third-order valence-electron chi connectivity index (χ3n) is 2.65. The maximum absolute atomic E-state index is 4.31. The maximum Gasteiger partial charge on any atom is 0.147 e. The third-order valence-corrected chi connectivity index (χ3v) is 3.56. The Morgan fingerprint density at radius 1 is 1.44 bits per heavy atom. The summed E-state index contributed by atoms with van der Waals surface area (Å²) in [6.45, 7) is 2.92. The van der Waals surface area contributed by atoms with Crippen molar-refractivity contribution in [3.63, 3.8) is 0 Å². The van der Waals surface area contributed by atoms with Crippen molar-refractivity contribution in [3.8, 4) is 0 Å². The van der Waals surface area contributed by atoms with Gasteiger partial charge >= 0.3 is 0 Å². The number of hydrogen-bond donors (Lipinski definition) is 1. The molecule has 0 radical (unpaired) electrons. The van der Waals surface area contributed by atoms with Crippen molar-refractivity contribution < 1.29 is 0 Å². The second-order valence-corrected chi connectivity index (χ2v) is 5.05. The van der Waals surface area contributed by atoms with Gasteiger partial charge in [-0.3, -0.25) is 4.68 Å². The minimum atomic E-state index is 0.255. The molecular formula is C12H13N5S. The zero-order valence-corrected chi connectivity index (χ0v) is 10.8. The first-order valence-electron chi connectivity index (χ1n) is 5.75. The van der Waals surface area contributed by atoms with Crippen LogP contribution < -0.4 is 5.32 Å². The van der Waals surface area contributed by atoms with Gasteiger partial charge in [0, 0.05) is 18.4 Å². The smallest absolute Gasteiger partial charge is 0.147 e. The second-order valence-electron chi connectivity index (χ2n) is 4.13. The lowest BCUT2D eigenvalue weighted by Gasteiger charge is -2.14. The zero-order chi connectivity index (χ0) is 12.4. The fourth-order valence-electron chi connectivity index (χ4n) is 1.86. The van der Waals surface area contributed by atoms with Gasteiger partial charge in [0.1, 0.15) is 12.1 Å². The van der Waals surface area contributed by atoms with Crippen LogP contribution in [-0.2, 0) is 6.54 Å². The molecular weight excluding hydrogens is 246 g/mol. The van der Waals surface area contributed by atoms with E-state index in [1.807, 2.05) is 28.4 Å². The van der Waals surface area contributed by atoms with E-state index in [9.17, 15) is 0 Å². The summed E-state index contributed by atoms with van der Waals surface area (Å²) < 4.78 is 3.01. The van der Waals surface area contributed by atoms with Crippen molar-refractivity contribution in [2.45, 2.75) is 19.5 Å². The van der Waals surface area contributed by atoms with E-state index < -0.39 is 0 Å². The molecule has 6 heteroatoms. The standard InChI is InChI=1S/C12H13N5S/c1-9(7-17-5-2-4-15-17)16-12-11-10(3-6-18-11)13-8-14-12/h2-6,8-9H,7H2,1H3,(H,13,14,16)/t9-/m0/s1. The van der Waals surface area contributed by atoms with Gasteiger partial charge in [0.15, 0.2) is 0 Å². The summed E-state index contributed by atoms with van der Waals surface area (Å²) in [5.41, 5.74) is 0.990. The van der Waals surface area contributed by atoms with Crippen LogP contribution in [0.1, 0.15) is 6.92 Å². The fourth-order valence-corrected chi connectivity index (χ4v) is 2.66. The molecule has 1 N–H and O–H groups in total. The molecule has 3 aromatic heterocycles. The molecule has 3 heterocycles. The van der Waals surface area contributed by atoms with E-state index >= 15 is 0 Å². The van der Waals surface area contributed by atoms with Gasteiger partial charge in [0.25, 0.3) is 0 Å². The Kier molecular flexibility index (Phi) is 2.93. The molecule has 0 aliphatic carbocycles. The summed E-state index contributed by atoms with van der Waals surface area (Å²) in [5.74, 6) is 0.898. The number of hydrogen-bond acceptors (Lipinski definition) is 5. The van der Waals surface area contributed by atoms with E-state index in [2.05, 4.69) is 27.3 Å². The van der Waals surface area contributed by atoms with E-state index in [1.54, 1.807) is 23.9 Å². The quantitative estimate of drug-likeness (QED) is 0.781. The Labute approximate surface area is 109 Å². The summed E-state index contributed by atoms with van der Waals surface area (Å²) in [7, 11) is 0. The van der Waals surface area contributed by atoms with Gasteiger partial charge in [-0.15, -0.1) is 11.3 Å². The van der Waals surface area contributed by atoms with Crippen LogP contribution >= 0.6 is 11.3 Å². The Morgan fingerprint density at radius 3 is 3.22 bits per heavy atom. The van der Waals surface area contributed by atoms with Crippen molar-refractivity contribution in [2.24, 2.45) is 0 Å². The molecule has 1 atom stereocenters. The van der Waals surface area contributed by atoms with Crippen LogP contribution in [-0.4, -0.2) is 25.8 Å². The molecule has 0 saturated heterocycles. The molecule has 0 aromatic carbocycles. The molecule has 0 aliphatic rings. The highest BCUT2D eigenvalue weighted by molar-refractivity contribution is 7.17. The molecule has 0 saturated carbocycles. The zero-order valence-electron chi connectivity index (χ0n) is 9.95. The molecule has 0 bridgehead atoms. The Balaban J connectivity index is 1.77. The van der Waals surface area contributed by atoms with E-state index in [-0.39, 0.29) is 6.04 Å². The van der Waals surface area contributed by atoms with Gasteiger partial charge in [-0.1, -0.05) is 0 Å². The minimum absolute atomic E-state index is 0.255. The normalized spacial score (nSPS) is 12.7. The molecule has 3 aromatic rings. The highest BCUT2D eigenvalue weighted by Crippen LogP contribution is 2.25. The molecule has 0 spiro atoms. The largest absolute Gasteiger partial charge is 0.364 e. The molecule has 0 aliphatic heterocycles. The van der Waals surface area contributed by atoms with E-state index in [1.165, 1.54) is 0 Å². The first-order valence-corrected chi connectivity index (χ1v) is 6.63. The monoisotopic (exact) mass is 259 g/mol. The topological polar surface area (TPSA) is 55.6 Å². The maximum atomic E-state index is 4.31. The van der Waals surface area contributed by atoms with Crippen molar-refractivity contribution >= 4 is 27.4 Å². The van der Waals surface area contributed by atoms with Gasteiger partial charge in [-0.05, 0) is 24.4 Å². The highest BCUT2D eigenvalue weighted by Gasteiger charge is 2.08. The van der Waals surface area contributed by atoms with Crippen LogP contribution in [0.15, 0.2) is 36.2 Å². The van der Waals surface area contributed by atoms with E-state index in [0.29, 0.717) is 0 Å².